The van der Waals surface area contributed by atoms with E-state index in [1.165, 1.54) is 32.6 Å². The first kappa shape index (κ1) is 29.8. The van der Waals surface area contributed by atoms with Crippen LogP contribution in [0.1, 0.15) is 93.8 Å². The third-order valence-electron chi connectivity index (χ3n) is 5.32. The fourth-order valence-electron chi connectivity index (χ4n) is 3.22. The molecular formula is C30H42N2O3. The molecule has 0 saturated carbocycles. The van der Waals surface area contributed by atoms with Crippen molar-refractivity contribution >= 4 is 23.6 Å². The molecule has 2 aromatic carbocycles. The quantitative estimate of drug-likeness (QED) is 0.282. The fourth-order valence-corrected chi connectivity index (χ4v) is 3.22. The standard InChI is InChI=1S/C24H28N2O3.C6H14/c1-16(2)12-13-25-24(29)21-7-5-6-19(15-21)8-10-22(26-18(4)27)20-9-11-23(28)17(3)14-20;1-3-5-6-4-2/h5-11,14-16,28H,12-13H2,1-4H3,(H,25,29);3-6H2,1-2H3/b10-8+,26-22?;. The average Bonchev–Trinajstić information content (AvgIpc) is 2.82. The van der Waals surface area contributed by atoms with Crippen molar-refractivity contribution in [3.63, 3.8) is 0 Å². The minimum absolute atomic E-state index is 0.104. The Bertz CT molecular complexity index is 1000. The summed E-state index contributed by atoms with van der Waals surface area (Å²) in [5.74, 6) is 0.310. The molecule has 0 aliphatic carbocycles. The number of aliphatic imine (C=N–C) groups is 1. The Morgan fingerprint density at radius 3 is 2.29 bits per heavy atom. The van der Waals surface area contributed by atoms with Crippen LogP contribution in [0.4, 0.5) is 0 Å². The van der Waals surface area contributed by atoms with E-state index < -0.39 is 0 Å². The normalized spacial score (nSPS) is 11.3. The Morgan fingerprint density at radius 2 is 1.71 bits per heavy atom. The third kappa shape index (κ3) is 12.2. The molecule has 0 radical (unpaired) electrons. The van der Waals surface area contributed by atoms with Gasteiger partial charge in [-0.2, -0.15) is 0 Å². The first-order valence-corrected chi connectivity index (χ1v) is 12.6. The van der Waals surface area contributed by atoms with Crippen LogP contribution in [0.3, 0.4) is 0 Å². The van der Waals surface area contributed by atoms with Gasteiger partial charge in [-0.1, -0.05) is 71.6 Å². The van der Waals surface area contributed by atoms with E-state index in [-0.39, 0.29) is 17.6 Å². The van der Waals surface area contributed by atoms with E-state index in [0.29, 0.717) is 29.3 Å². The van der Waals surface area contributed by atoms with Crippen LogP contribution >= 0.6 is 0 Å². The molecule has 0 aromatic heterocycles. The maximum absolute atomic E-state index is 12.3. The second kappa shape index (κ2) is 16.4. The molecule has 0 fully saturated rings. The molecule has 2 aromatic rings. The molecule has 0 heterocycles. The number of nitrogens with zero attached hydrogens (tertiary/aromatic N) is 1. The van der Waals surface area contributed by atoms with Crippen molar-refractivity contribution in [1.29, 1.82) is 0 Å². The van der Waals surface area contributed by atoms with Crippen LogP contribution in [0.5, 0.6) is 5.75 Å². The summed E-state index contributed by atoms with van der Waals surface area (Å²) < 4.78 is 0. The molecule has 0 atom stereocenters. The van der Waals surface area contributed by atoms with Gasteiger partial charge in [-0.15, -0.1) is 0 Å². The topological polar surface area (TPSA) is 78.8 Å². The van der Waals surface area contributed by atoms with E-state index in [0.717, 1.165) is 17.5 Å². The number of carbonyl (C=O) groups excluding carboxylic acids is 2. The number of aryl methyl sites for hydroxylation is 1. The van der Waals surface area contributed by atoms with Crippen molar-refractivity contribution in [3.8, 4) is 5.75 Å². The van der Waals surface area contributed by atoms with Gasteiger partial charge in [-0.05, 0) is 66.8 Å². The highest BCUT2D eigenvalue weighted by Crippen LogP contribution is 2.18. The van der Waals surface area contributed by atoms with Crippen molar-refractivity contribution in [1.82, 2.24) is 5.32 Å². The van der Waals surface area contributed by atoms with Gasteiger partial charge in [0.15, 0.2) is 0 Å². The van der Waals surface area contributed by atoms with Gasteiger partial charge in [0.05, 0.1) is 5.71 Å². The molecular weight excluding hydrogens is 436 g/mol. The minimum atomic E-state index is -0.311. The third-order valence-corrected chi connectivity index (χ3v) is 5.32. The molecule has 2 rings (SSSR count). The highest BCUT2D eigenvalue weighted by molar-refractivity contribution is 6.14. The zero-order valence-electron chi connectivity index (χ0n) is 22.2. The van der Waals surface area contributed by atoms with E-state index in [9.17, 15) is 14.7 Å². The summed E-state index contributed by atoms with van der Waals surface area (Å²) in [5, 5.41) is 12.7. The summed E-state index contributed by atoms with van der Waals surface area (Å²) in [6.07, 6.45) is 10.0. The van der Waals surface area contributed by atoms with Gasteiger partial charge in [0.1, 0.15) is 5.75 Å². The van der Waals surface area contributed by atoms with Crippen LogP contribution in [0, 0.1) is 12.8 Å². The van der Waals surface area contributed by atoms with Gasteiger partial charge in [-0.3, -0.25) is 9.59 Å². The lowest BCUT2D eigenvalue weighted by Crippen LogP contribution is -2.25. The van der Waals surface area contributed by atoms with Crippen LogP contribution in [0.25, 0.3) is 6.08 Å². The summed E-state index contributed by atoms with van der Waals surface area (Å²) in [5.41, 5.74) is 3.34. The Kier molecular flexibility index (Phi) is 14.0. The number of allylic oxidation sites excluding steroid dienone is 1. The lowest BCUT2D eigenvalue weighted by molar-refractivity contribution is -0.115. The van der Waals surface area contributed by atoms with Gasteiger partial charge >= 0.3 is 0 Å². The number of carbonyl (C=O) groups is 2. The van der Waals surface area contributed by atoms with Crippen molar-refractivity contribution < 1.29 is 14.7 Å². The number of phenols is 1. The number of amides is 2. The summed E-state index contributed by atoms with van der Waals surface area (Å²) in [7, 11) is 0. The van der Waals surface area contributed by atoms with Crippen LogP contribution < -0.4 is 5.32 Å². The first-order valence-electron chi connectivity index (χ1n) is 12.6. The number of hydrogen-bond donors (Lipinski definition) is 2. The zero-order valence-corrected chi connectivity index (χ0v) is 22.2. The summed E-state index contributed by atoms with van der Waals surface area (Å²) in [4.78, 5) is 28.0. The van der Waals surface area contributed by atoms with E-state index in [1.54, 1.807) is 43.3 Å². The molecule has 190 valence electrons. The summed E-state index contributed by atoms with van der Waals surface area (Å²) >= 11 is 0. The van der Waals surface area contributed by atoms with Gasteiger partial charge in [0.25, 0.3) is 5.91 Å². The van der Waals surface area contributed by atoms with E-state index in [1.807, 2.05) is 18.2 Å². The Labute approximate surface area is 211 Å². The number of nitrogens with one attached hydrogen (secondary N) is 1. The van der Waals surface area contributed by atoms with Crippen LogP contribution in [-0.2, 0) is 4.79 Å². The van der Waals surface area contributed by atoms with E-state index >= 15 is 0 Å². The average molecular weight is 479 g/mol. The Balaban J connectivity index is 0.000000905. The molecule has 0 unspecified atom stereocenters. The van der Waals surface area contributed by atoms with Gasteiger partial charge in [0.2, 0.25) is 5.91 Å². The molecule has 2 N–H and O–H groups in total. The summed E-state index contributed by atoms with van der Waals surface area (Å²) in [6.45, 7) is 12.5. The van der Waals surface area contributed by atoms with Crippen molar-refractivity contribution in [3.05, 3.63) is 70.8 Å². The van der Waals surface area contributed by atoms with Crippen molar-refractivity contribution in [2.75, 3.05) is 6.54 Å². The highest BCUT2D eigenvalue weighted by atomic mass is 16.3. The number of aromatic hydroxyl groups is 1. The molecule has 0 spiro atoms. The minimum Gasteiger partial charge on any atom is -0.508 e. The maximum Gasteiger partial charge on any atom is 0.251 e. The second-order valence-corrected chi connectivity index (χ2v) is 9.12. The van der Waals surface area contributed by atoms with Crippen LogP contribution in [-0.4, -0.2) is 29.2 Å². The first-order chi connectivity index (χ1) is 16.7. The van der Waals surface area contributed by atoms with Gasteiger partial charge in [-0.25, -0.2) is 4.99 Å². The van der Waals surface area contributed by atoms with Gasteiger partial charge in [0, 0.05) is 24.6 Å². The molecule has 0 saturated heterocycles. The molecule has 0 bridgehead atoms. The van der Waals surface area contributed by atoms with E-state index in [4.69, 9.17) is 0 Å². The monoisotopic (exact) mass is 478 g/mol. The zero-order chi connectivity index (χ0) is 26.2. The largest absolute Gasteiger partial charge is 0.508 e. The number of phenolic OH excluding ortho intramolecular Hbond substituents is 1. The lowest BCUT2D eigenvalue weighted by Gasteiger charge is -2.08. The van der Waals surface area contributed by atoms with Gasteiger partial charge < -0.3 is 10.4 Å². The molecule has 0 aliphatic rings. The fraction of sp³-hybridized carbons (Fsp3) is 0.433. The highest BCUT2D eigenvalue weighted by Gasteiger charge is 2.07. The molecule has 0 aliphatic heterocycles. The number of benzene rings is 2. The van der Waals surface area contributed by atoms with E-state index in [2.05, 4.69) is 38.0 Å². The van der Waals surface area contributed by atoms with Crippen molar-refractivity contribution in [2.45, 2.75) is 73.6 Å². The number of hydrogen-bond acceptors (Lipinski definition) is 3. The number of rotatable bonds is 10. The Hall–Kier alpha value is -3.21. The van der Waals surface area contributed by atoms with Crippen LogP contribution in [0.2, 0.25) is 0 Å². The second-order valence-electron chi connectivity index (χ2n) is 9.12. The predicted octanol–water partition coefficient (Wildman–Crippen LogP) is 7.11. The smallest absolute Gasteiger partial charge is 0.251 e. The number of unbranched alkanes of at least 4 members (excludes halogenated alkanes) is 3. The SMILES string of the molecule is CC(=O)N=C(/C=C/c1cccc(C(=O)NCCC(C)C)c1)c1ccc(O)c(C)c1.CCCCCC. The molecule has 5 nitrogen and oxygen atoms in total. The molecule has 5 heteroatoms. The lowest BCUT2D eigenvalue weighted by atomic mass is 10.0. The maximum atomic E-state index is 12.3. The predicted molar refractivity (Wildman–Crippen MR) is 147 cm³/mol. The van der Waals surface area contributed by atoms with Crippen LogP contribution in [0.15, 0.2) is 53.5 Å². The van der Waals surface area contributed by atoms with Crippen molar-refractivity contribution in [2.24, 2.45) is 10.9 Å². The summed E-state index contributed by atoms with van der Waals surface area (Å²) in [6, 6.07) is 12.4. The molecule has 2 amide bonds. The Morgan fingerprint density at radius 1 is 1.03 bits per heavy atom. The molecule has 35 heavy (non-hydrogen) atoms.